The molecule has 1 aromatic heterocycles. The maximum absolute atomic E-state index is 12.2. The van der Waals surface area contributed by atoms with Crippen LogP contribution in [0, 0.1) is 6.92 Å². The van der Waals surface area contributed by atoms with Gasteiger partial charge in [-0.15, -0.1) is 0 Å². The van der Waals surface area contributed by atoms with Gasteiger partial charge in [-0.3, -0.25) is 9.78 Å². The van der Waals surface area contributed by atoms with Crippen LogP contribution in [0.15, 0.2) is 36.5 Å². The Morgan fingerprint density at radius 2 is 1.95 bits per heavy atom. The minimum atomic E-state index is -0.262. The van der Waals surface area contributed by atoms with Crippen LogP contribution in [0.1, 0.15) is 29.9 Å². The summed E-state index contributed by atoms with van der Waals surface area (Å²) in [7, 11) is 0. The number of hydrogen-bond acceptors (Lipinski definition) is 3. The first kappa shape index (κ1) is 15.3. The van der Waals surface area contributed by atoms with E-state index in [0.29, 0.717) is 22.4 Å². The van der Waals surface area contributed by atoms with Gasteiger partial charge in [0.1, 0.15) is 5.69 Å². The number of aromatic nitrogens is 1. The molecule has 1 aromatic carbocycles. The van der Waals surface area contributed by atoms with E-state index in [-0.39, 0.29) is 5.91 Å². The quantitative estimate of drug-likeness (QED) is 0.893. The zero-order valence-electron chi connectivity index (χ0n) is 12.3. The number of anilines is 2. The third-order valence-corrected chi connectivity index (χ3v) is 3.28. The lowest BCUT2D eigenvalue weighted by Gasteiger charge is -2.11. The molecule has 5 heteroatoms. The molecule has 4 nitrogen and oxygen atoms in total. The standard InChI is InChI=1S/C16H18ClN3O/c1-10(2)19-13-6-7-18-15(9-13)16(21)20-12-5-4-11(3)14(17)8-12/h4-10H,1-3H3,(H,18,19)(H,20,21). The Hall–Kier alpha value is -2.07. The van der Waals surface area contributed by atoms with Gasteiger partial charge in [0.15, 0.2) is 0 Å². The molecule has 0 saturated carbocycles. The highest BCUT2D eigenvalue weighted by Gasteiger charge is 2.09. The first-order valence-electron chi connectivity index (χ1n) is 6.76. The van der Waals surface area contributed by atoms with Crippen LogP contribution in [0.4, 0.5) is 11.4 Å². The molecule has 0 spiro atoms. The van der Waals surface area contributed by atoms with Crippen LogP contribution in [-0.4, -0.2) is 16.9 Å². The van der Waals surface area contributed by atoms with Crippen LogP contribution < -0.4 is 10.6 Å². The lowest BCUT2D eigenvalue weighted by molar-refractivity contribution is 0.102. The molecule has 0 atom stereocenters. The second-order valence-electron chi connectivity index (χ2n) is 5.15. The van der Waals surface area contributed by atoms with Crippen molar-refractivity contribution in [2.45, 2.75) is 26.8 Å². The molecule has 0 aliphatic rings. The van der Waals surface area contributed by atoms with Gasteiger partial charge in [-0.1, -0.05) is 17.7 Å². The third-order valence-electron chi connectivity index (χ3n) is 2.88. The molecule has 0 fully saturated rings. The van der Waals surface area contributed by atoms with Gasteiger partial charge in [-0.25, -0.2) is 0 Å². The van der Waals surface area contributed by atoms with E-state index < -0.39 is 0 Å². The summed E-state index contributed by atoms with van der Waals surface area (Å²) >= 11 is 6.05. The summed E-state index contributed by atoms with van der Waals surface area (Å²) in [5.74, 6) is -0.262. The minimum absolute atomic E-state index is 0.262. The number of benzene rings is 1. The molecular formula is C16H18ClN3O. The number of carbonyl (C=O) groups excluding carboxylic acids is 1. The Labute approximate surface area is 129 Å². The van der Waals surface area contributed by atoms with Gasteiger partial charge < -0.3 is 10.6 Å². The molecule has 2 N–H and O–H groups in total. The number of nitrogens with zero attached hydrogens (tertiary/aromatic N) is 1. The Bertz CT molecular complexity index is 656. The normalized spacial score (nSPS) is 10.5. The molecule has 1 heterocycles. The topological polar surface area (TPSA) is 54.0 Å². The number of pyridine rings is 1. The summed E-state index contributed by atoms with van der Waals surface area (Å²) in [6.45, 7) is 5.99. The van der Waals surface area contributed by atoms with Crippen molar-refractivity contribution in [1.82, 2.24) is 4.98 Å². The Balaban J connectivity index is 2.14. The zero-order chi connectivity index (χ0) is 15.4. The van der Waals surface area contributed by atoms with E-state index in [1.54, 1.807) is 18.3 Å². The first-order chi connectivity index (χ1) is 9.95. The number of halogens is 1. The molecule has 2 rings (SSSR count). The fourth-order valence-electron chi connectivity index (χ4n) is 1.84. The SMILES string of the molecule is Cc1ccc(NC(=O)c2cc(NC(C)C)ccn2)cc1Cl. The van der Waals surface area contributed by atoms with E-state index >= 15 is 0 Å². The van der Waals surface area contributed by atoms with Gasteiger partial charge in [0.25, 0.3) is 5.91 Å². The predicted octanol–water partition coefficient (Wildman–Crippen LogP) is 4.12. The van der Waals surface area contributed by atoms with Crippen molar-refractivity contribution in [3.8, 4) is 0 Å². The summed E-state index contributed by atoms with van der Waals surface area (Å²) < 4.78 is 0. The molecule has 0 aliphatic heterocycles. The first-order valence-corrected chi connectivity index (χ1v) is 7.13. The van der Waals surface area contributed by atoms with Gasteiger partial charge in [-0.2, -0.15) is 0 Å². The minimum Gasteiger partial charge on any atom is -0.383 e. The third kappa shape index (κ3) is 4.20. The molecule has 0 radical (unpaired) electrons. The predicted molar refractivity (Wildman–Crippen MR) is 87.1 cm³/mol. The number of aryl methyl sites for hydroxylation is 1. The van der Waals surface area contributed by atoms with Crippen LogP contribution in [0.25, 0.3) is 0 Å². The van der Waals surface area contributed by atoms with Crippen molar-refractivity contribution in [2.24, 2.45) is 0 Å². The number of carbonyl (C=O) groups is 1. The molecule has 0 unspecified atom stereocenters. The molecule has 2 aromatic rings. The lowest BCUT2D eigenvalue weighted by Crippen LogP contribution is -2.15. The van der Waals surface area contributed by atoms with Crippen molar-refractivity contribution in [1.29, 1.82) is 0 Å². The molecule has 0 aliphatic carbocycles. The van der Waals surface area contributed by atoms with E-state index in [9.17, 15) is 4.79 Å². The largest absolute Gasteiger partial charge is 0.383 e. The van der Waals surface area contributed by atoms with E-state index in [0.717, 1.165) is 11.3 Å². The Morgan fingerprint density at radius 3 is 2.62 bits per heavy atom. The Morgan fingerprint density at radius 1 is 1.19 bits per heavy atom. The fourth-order valence-corrected chi connectivity index (χ4v) is 2.02. The summed E-state index contributed by atoms with van der Waals surface area (Å²) in [6, 6.07) is 9.26. The van der Waals surface area contributed by atoms with Crippen LogP contribution in [0.5, 0.6) is 0 Å². The van der Waals surface area contributed by atoms with Crippen LogP contribution in [-0.2, 0) is 0 Å². The van der Waals surface area contributed by atoms with Crippen molar-refractivity contribution in [3.05, 3.63) is 52.8 Å². The zero-order valence-corrected chi connectivity index (χ0v) is 13.0. The summed E-state index contributed by atoms with van der Waals surface area (Å²) in [4.78, 5) is 16.3. The van der Waals surface area contributed by atoms with Crippen LogP contribution in [0.2, 0.25) is 5.02 Å². The number of rotatable bonds is 4. The molecule has 0 saturated heterocycles. The van der Waals surface area contributed by atoms with E-state index in [1.807, 2.05) is 39.0 Å². The highest BCUT2D eigenvalue weighted by molar-refractivity contribution is 6.31. The maximum atomic E-state index is 12.2. The monoisotopic (exact) mass is 303 g/mol. The summed E-state index contributed by atoms with van der Waals surface area (Å²) in [5, 5.41) is 6.65. The van der Waals surface area contributed by atoms with Gasteiger partial charge in [0, 0.05) is 28.6 Å². The molecule has 0 bridgehead atoms. The highest BCUT2D eigenvalue weighted by Crippen LogP contribution is 2.20. The van der Waals surface area contributed by atoms with E-state index in [2.05, 4.69) is 15.6 Å². The lowest BCUT2D eigenvalue weighted by atomic mass is 10.2. The van der Waals surface area contributed by atoms with Crippen LogP contribution >= 0.6 is 11.6 Å². The van der Waals surface area contributed by atoms with Gasteiger partial charge in [-0.05, 0) is 50.6 Å². The van der Waals surface area contributed by atoms with Crippen molar-refractivity contribution in [2.75, 3.05) is 10.6 Å². The number of hydrogen-bond donors (Lipinski definition) is 2. The van der Waals surface area contributed by atoms with Crippen molar-refractivity contribution in [3.63, 3.8) is 0 Å². The molecular weight excluding hydrogens is 286 g/mol. The van der Waals surface area contributed by atoms with Gasteiger partial charge >= 0.3 is 0 Å². The fraction of sp³-hybridized carbons (Fsp3) is 0.250. The molecule has 21 heavy (non-hydrogen) atoms. The van der Waals surface area contributed by atoms with E-state index in [4.69, 9.17) is 11.6 Å². The Kier molecular flexibility index (Phi) is 4.81. The van der Waals surface area contributed by atoms with Gasteiger partial charge in [0.05, 0.1) is 0 Å². The van der Waals surface area contributed by atoms with Gasteiger partial charge in [0.2, 0.25) is 0 Å². The van der Waals surface area contributed by atoms with Crippen molar-refractivity contribution >= 4 is 28.9 Å². The number of nitrogens with one attached hydrogen (secondary N) is 2. The average Bonchev–Trinajstić information content (AvgIpc) is 2.42. The second kappa shape index (κ2) is 6.59. The average molecular weight is 304 g/mol. The number of amides is 1. The summed E-state index contributed by atoms with van der Waals surface area (Å²) in [6.07, 6.45) is 1.61. The molecule has 110 valence electrons. The second-order valence-corrected chi connectivity index (χ2v) is 5.55. The van der Waals surface area contributed by atoms with Crippen molar-refractivity contribution < 1.29 is 4.79 Å². The molecule has 1 amide bonds. The van der Waals surface area contributed by atoms with E-state index in [1.165, 1.54) is 0 Å². The summed E-state index contributed by atoms with van der Waals surface area (Å²) in [5.41, 5.74) is 2.85. The van der Waals surface area contributed by atoms with Crippen LogP contribution in [0.3, 0.4) is 0 Å². The maximum Gasteiger partial charge on any atom is 0.274 e. The smallest absolute Gasteiger partial charge is 0.274 e. The highest BCUT2D eigenvalue weighted by atomic mass is 35.5.